The highest BCUT2D eigenvalue weighted by Crippen LogP contribution is 2.23. The van der Waals surface area contributed by atoms with Crippen molar-refractivity contribution in [2.45, 2.75) is 38.7 Å². The van der Waals surface area contributed by atoms with Gasteiger partial charge in [-0.1, -0.05) is 0 Å². The maximum atomic E-state index is 12.3. The van der Waals surface area contributed by atoms with Crippen LogP contribution in [0.15, 0.2) is 0 Å². The van der Waals surface area contributed by atoms with Gasteiger partial charge in [-0.3, -0.25) is 4.79 Å². The first-order valence-corrected chi connectivity index (χ1v) is 5.99. The smallest absolute Gasteiger partial charge is 0.465 e. The van der Waals surface area contributed by atoms with Crippen molar-refractivity contribution in [2.75, 3.05) is 19.6 Å². The molecule has 0 bridgehead atoms. The lowest BCUT2D eigenvalue weighted by Gasteiger charge is -2.35. The molecule has 0 aromatic heterocycles. The van der Waals surface area contributed by atoms with E-state index in [4.69, 9.17) is 5.11 Å². The number of hydrogen-bond donors (Lipinski definition) is 1. The summed E-state index contributed by atoms with van der Waals surface area (Å²) >= 11 is 0. The molecule has 0 heterocycles. The minimum absolute atomic E-state index is 0.457. The number of carbonyl (C=O) groups excluding carboxylic acids is 1. The Balaban J connectivity index is 5.15. The molecule has 0 unspecified atom stereocenters. The highest BCUT2D eigenvalue weighted by atomic mass is 19.4. The average molecular weight is 338 g/mol. The largest absolute Gasteiger partial charge is 0.471 e. The van der Waals surface area contributed by atoms with E-state index in [1.807, 2.05) is 0 Å². The Morgan fingerprint density at radius 2 is 1.41 bits per heavy atom. The number of amides is 2. The van der Waals surface area contributed by atoms with Gasteiger partial charge in [0.15, 0.2) is 0 Å². The molecule has 0 aliphatic rings. The molecule has 130 valence electrons. The third-order valence-electron chi connectivity index (χ3n) is 2.53. The lowest BCUT2D eigenvalue weighted by atomic mass is 10.1. The molecule has 11 heteroatoms. The van der Waals surface area contributed by atoms with Crippen LogP contribution in [0.3, 0.4) is 0 Å². The molecule has 22 heavy (non-hydrogen) atoms. The average Bonchev–Trinajstić information content (AvgIpc) is 2.21. The van der Waals surface area contributed by atoms with Crippen LogP contribution in [0.5, 0.6) is 0 Å². The molecule has 0 aromatic rings. The van der Waals surface area contributed by atoms with Gasteiger partial charge in [0.25, 0.3) is 0 Å². The van der Waals surface area contributed by atoms with Gasteiger partial charge in [-0.2, -0.15) is 26.3 Å². The number of carbonyl (C=O) groups is 2. The molecular formula is C11H16F6N2O3. The van der Waals surface area contributed by atoms with Crippen LogP contribution < -0.4 is 0 Å². The number of alkyl halides is 6. The van der Waals surface area contributed by atoms with Crippen molar-refractivity contribution in [2.24, 2.45) is 0 Å². The molecule has 0 aromatic carbocycles. The summed E-state index contributed by atoms with van der Waals surface area (Å²) in [5.74, 6) is -2.66. The van der Waals surface area contributed by atoms with Gasteiger partial charge in [0.2, 0.25) is 0 Å². The van der Waals surface area contributed by atoms with Gasteiger partial charge in [-0.25, -0.2) is 4.79 Å². The highest BCUT2D eigenvalue weighted by molar-refractivity contribution is 5.82. The Hall–Kier alpha value is -1.68. The Morgan fingerprint density at radius 1 is 0.955 bits per heavy atom. The van der Waals surface area contributed by atoms with Crippen LogP contribution in [-0.2, 0) is 4.79 Å². The van der Waals surface area contributed by atoms with Crippen LogP contribution in [0.2, 0.25) is 0 Å². The summed E-state index contributed by atoms with van der Waals surface area (Å²) in [6, 6.07) is 0. The monoisotopic (exact) mass is 338 g/mol. The fourth-order valence-electron chi connectivity index (χ4n) is 1.59. The van der Waals surface area contributed by atoms with E-state index in [1.54, 1.807) is 0 Å². The second kappa shape index (κ2) is 6.61. The van der Waals surface area contributed by atoms with Crippen LogP contribution in [-0.4, -0.2) is 64.4 Å². The van der Waals surface area contributed by atoms with E-state index in [0.717, 1.165) is 0 Å². The summed E-state index contributed by atoms with van der Waals surface area (Å²) in [7, 11) is 0. The van der Waals surface area contributed by atoms with Crippen LogP contribution in [0, 0.1) is 0 Å². The van der Waals surface area contributed by atoms with Crippen LogP contribution >= 0.6 is 0 Å². The van der Waals surface area contributed by atoms with Crippen molar-refractivity contribution in [3.05, 3.63) is 0 Å². The van der Waals surface area contributed by atoms with Crippen molar-refractivity contribution < 1.29 is 41.0 Å². The minimum Gasteiger partial charge on any atom is -0.465 e. The predicted octanol–water partition coefficient (Wildman–Crippen LogP) is 2.72. The number of carboxylic acid groups (broad SMARTS) is 1. The van der Waals surface area contributed by atoms with Crippen molar-refractivity contribution in [1.82, 2.24) is 9.80 Å². The second-order valence-electron chi connectivity index (χ2n) is 5.44. The van der Waals surface area contributed by atoms with Crippen LogP contribution in [0.4, 0.5) is 31.1 Å². The SMILES string of the molecule is CC(C)(C)N(CCN(CC(F)(F)F)C(=O)C(F)(F)F)C(=O)O. The molecule has 0 spiro atoms. The maximum Gasteiger partial charge on any atom is 0.471 e. The standard InChI is InChI=1S/C11H16F6N2O3/c1-9(2,3)19(8(21)22)5-4-18(6-10(12,13)14)7(20)11(15,16)17/h4-6H2,1-3H3,(H,21,22). The molecule has 0 rings (SSSR count). The molecule has 0 aliphatic carbocycles. The van der Waals surface area contributed by atoms with E-state index in [-0.39, 0.29) is 0 Å². The summed E-state index contributed by atoms with van der Waals surface area (Å²) < 4.78 is 73.7. The zero-order valence-electron chi connectivity index (χ0n) is 12.0. The minimum atomic E-state index is -5.47. The van der Waals surface area contributed by atoms with Gasteiger partial charge < -0.3 is 14.9 Å². The molecule has 5 nitrogen and oxygen atoms in total. The summed E-state index contributed by atoms with van der Waals surface area (Å²) in [5.41, 5.74) is -1.04. The van der Waals surface area contributed by atoms with E-state index < -0.39 is 54.4 Å². The molecule has 0 radical (unpaired) electrons. The highest BCUT2D eigenvalue weighted by Gasteiger charge is 2.46. The number of nitrogens with zero attached hydrogens (tertiary/aromatic N) is 2. The van der Waals surface area contributed by atoms with Crippen molar-refractivity contribution >= 4 is 12.0 Å². The van der Waals surface area contributed by atoms with Gasteiger partial charge in [0.1, 0.15) is 6.54 Å². The molecule has 1 N–H and O–H groups in total. The third-order valence-corrected chi connectivity index (χ3v) is 2.53. The predicted molar refractivity (Wildman–Crippen MR) is 63.2 cm³/mol. The zero-order chi connectivity index (χ0) is 17.9. The number of hydrogen-bond acceptors (Lipinski definition) is 2. The van der Waals surface area contributed by atoms with E-state index in [2.05, 4.69) is 0 Å². The van der Waals surface area contributed by atoms with Crippen molar-refractivity contribution in [3.8, 4) is 0 Å². The first kappa shape index (κ1) is 20.3. The summed E-state index contributed by atoms with van der Waals surface area (Å²) in [6.07, 6.45) is -12.0. The molecule has 0 saturated heterocycles. The molecule has 0 fully saturated rings. The first-order chi connectivity index (χ1) is 9.55. The maximum absolute atomic E-state index is 12.3. The summed E-state index contributed by atoms with van der Waals surface area (Å²) in [5, 5.41) is 8.93. The number of rotatable bonds is 4. The number of halogens is 6. The van der Waals surface area contributed by atoms with Gasteiger partial charge in [0.05, 0.1) is 0 Å². The Bertz CT molecular complexity index is 414. The third kappa shape index (κ3) is 6.85. The van der Waals surface area contributed by atoms with Crippen molar-refractivity contribution in [1.29, 1.82) is 0 Å². The van der Waals surface area contributed by atoms with Crippen LogP contribution in [0.1, 0.15) is 20.8 Å². The van der Waals surface area contributed by atoms with E-state index >= 15 is 0 Å². The quantitative estimate of drug-likeness (QED) is 0.802. The molecular weight excluding hydrogens is 322 g/mol. The summed E-state index contributed by atoms with van der Waals surface area (Å²) in [6.45, 7) is 0.434. The fraction of sp³-hybridized carbons (Fsp3) is 0.818. The van der Waals surface area contributed by atoms with Gasteiger partial charge in [-0.05, 0) is 20.8 Å². The van der Waals surface area contributed by atoms with Crippen LogP contribution in [0.25, 0.3) is 0 Å². The first-order valence-electron chi connectivity index (χ1n) is 5.99. The zero-order valence-corrected chi connectivity index (χ0v) is 12.0. The lowest BCUT2D eigenvalue weighted by Crippen LogP contribution is -2.52. The molecule has 0 atom stereocenters. The molecule has 2 amide bonds. The molecule has 0 saturated carbocycles. The summed E-state index contributed by atoms with van der Waals surface area (Å²) in [4.78, 5) is 22.2. The fourth-order valence-corrected chi connectivity index (χ4v) is 1.59. The Kier molecular flexibility index (Phi) is 6.11. The van der Waals surface area contributed by atoms with E-state index in [0.29, 0.717) is 4.90 Å². The van der Waals surface area contributed by atoms with E-state index in [1.165, 1.54) is 20.8 Å². The van der Waals surface area contributed by atoms with Gasteiger partial charge in [0, 0.05) is 18.6 Å². The van der Waals surface area contributed by atoms with Gasteiger partial charge in [-0.15, -0.1) is 0 Å². The topological polar surface area (TPSA) is 60.9 Å². The Labute approximate surface area is 122 Å². The normalized spacial score (nSPS) is 13.0. The second-order valence-corrected chi connectivity index (χ2v) is 5.44. The Morgan fingerprint density at radius 3 is 1.68 bits per heavy atom. The lowest BCUT2D eigenvalue weighted by molar-refractivity contribution is -0.198. The van der Waals surface area contributed by atoms with E-state index in [9.17, 15) is 35.9 Å². The molecule has 0 aliphatic heterocycles. The van der Waals surface area contributed by atoms with Crippen molar-refractivity contribution in [3.63, 3.8) is 0 Å². The van der Waals surface area contributed by atoms with Gasteiger partial charge >= 0.3 is 24.4 Å².